The second kappa shape index (κ2) is 10.4. The normalized spacial score (nSPS) is 10.6. The minimum absolute atomic E-state index is 0.401. The van der Waals surface area contributed by atoms with E-state index in [0.29, 0.717) is 28.8 Å². The van der Waals surface area contributed by atoms with Gasteiger partial charge in [0.05, 0.1) is 13.7 Å². The molecule has 2 rings (SSSR count). The van der Waals surface area contributed by atoms with Crippen LogP contribution in [0, 0.1) is 6.92 Å². The molecule has 0 atom stereocenters. The molecule has 0 spiro atoms. The Kier molecular flexibility index (Phi) is 7.89. The Morgan fingerprint density at radius 1 is 1.14 bits per heavy atom. The first kappa shape index (κ1) is 21.3. The first-order chi connectivity index (χ1) is 13.4. The van der Waals surface area contributed by atoms with Crippen molar-refractivity contribution >= 4 is 35.2 Å². The van der Waals surface area contributed by atoms with E-state index in [1.807, 2.05) is 13.8 Å². The maximum atomic E-state index is 12.0. The van der Waals surface area contributed by atoms with Crippen molar-refractivity contribution in [2.24, 2.45) is 0 Å². The molecule has 1 N–H and O–H groups in total. The monoisotopic (exact) mass is 403 g/mol. The average molecular weight is 404 g/mol. The number of aryl methyl sites for hydroxylation is 1. The maximum absolute atomic E-state index is 12.0. The molecule has 1 amide bonds. The molecular formula is C21H22ClNO5. The number of ether oxygens (including phenoxy) is 3. The van der Waals surface area contributed by atoms with E-state index >= 15 is 0 Å². The minimum Gasteiger partial charge on any atom is -0.493 e. The van der Waals surface area contributed by atoms with Crippen LogP contribution in [0.3, 0.4) is 0 Å². The number of methoxy groups -OCH3 is 1. The van der Waals surface area contributed by atoms with Gasteiger partial charge in [-0.15, -0.1) is 0 Å². The Hall–Kier alpha value is -2.99. The zero-order valence-electron chi connectivity index (χ0n) is 16.0. The van der Waals surface area contributed by atoms with E-state index in [-0.39, 0.29) is 0 Å². The summed E-state index contributed by atoms with van der Waals surface area (Å²) in [5, 5.41) is 3.17. The van der Waals surface area contributed by atoms with Crippen molar-refractivity contribution in [1.29, 1.82) is 0 Å². The lowest BCUT2D eigenvalue weighted by Crippen LogP contribution is -2.20. The molecule has 148 valence electrons. The lowest BCUT2D eigenvalue weighted by atomic mass is 10.2. The smallest absolute Gasteiger partial charge is 0.331 e. The van der Waals surface area contributed by atoms with E-state index < -0.39 is 18.5 Å². The van der Waals surface area contributed by atoms with Crippen LogP contribution in [0.1, 0.15) is 18.1 Å². The molecule has 0 aliphatic heterocycles. The summed E-state index contributed by atoms with van der Waals surface area (Å²) in [4.78, 5) is 23.8. The Labute approximate surface area is 169 Å². The SMILES string of the molecule is CCOc1cc(/C=C/C(=O)OCC(=O)Nc2cc(Cl)ccc2C)ccc1OC. The van der Waals surface area contributed by atoms with Gasteiger partial charge in [0.15, 0.2) is 18.1 Å². The number of carbonyl (C=O) groups excluding carboxylic acids is 2. The molecule has 7 heteroatoms. The molecule has 0 heterocycles. The predicted molar refractivity (Wildman–Crippen MR) is 109 cm³/mol. The largest absolute Gasteiger partial charge is 0.493 e. The van der Waals surface area contributed by atoms with Crippen molar-refractivity contribution in [3.8, 4) is 11.5 Å². The van der Waals surface area contributed by atoms with Crippen LogP contribution in [0.5, 0.6) is 11.5 Å². The highest BCUT2D eigenvalue weighted by Gasteiger charge is 2.08. The van der Waals surface area contributed by atoms with Crippen molar-refractivity contribution in [3.05, 3.63) is 58.6 Å². The molecule has 2 aromatic carbocycles. The molecule has 0 aromatic heterocycles. The molecular weight excluding hydrogens is 382 g/mol. The number of esters is 1. The van der Waals surface area contributed by atoms with Gasteiger partial charge in [-0.05, 0) is 55.3 Å². The Balaban J connectivity index is 1.90. The molecule has 0 aliphatic carbocycles. The van der Waals surface area contributed by atoms with Gasteiger partial charge >= 0.3 is 5.97 Å². The number of anilines is 1. The predicted octanol–water partition coefficient (Wildman–Crippen LogP) is 4.25. The van der Waals surface area contributed by atoms with Gasteiger partial charge in [-0.3, -0.25) is 4.79 Å². The molecule has 0 radical (unpaired) electrons. The number of benzene rings is 2. The van der Waals surface area contributed by atoms with Gasteiger partial charge in [0.1, 0.15) is 0 Å². The summed E-state index contributed by atoms with van der Waals surface area (Å²) in [6, 6.07) is 10.4. The zero-order chi connectivity index (χ0) is 20.5. The summed E-state index contributed by atoms with van der Waals surface area (Å²) in [5.41, 5.74) is 2.17. The van der Waals surface area contributed by atoms with E-state index in [0.717, 1.165) is 11.1 Å². The van der Waals surface area contributed by atoms with E-state index in [9.17, 15) is 9.59 Å². The summed E-state index contributed by atoms with van der Waals surface area (Å²) < 4.78 is 15.7. The first-order valence-corrected chi connectivity index (χ1v) is 9.02. The number of carbonyl (C=O) groups is 2. The summed E-state index contributed by atoms with van der Waals surface area (Å²) in [5.74, 6) is 0.105. The Morgan fingerprint density at radius 3 is 2.64 bits per heavy atom. The standard InChI is InChI=1S/C21H22ClNO5/c1-4-27-19-11-15(6-9-18(19)26-3)7-10-21(25)28-13-20(24)23-17-12-16(22)8-5-14(17)2/h5-12H,4,13H2,1-3H3,(H,23,24)/b10-7+. The topological polar surface area (TPSA) is 73.9 Å². The number of hydrogen-bond acceptors (Lipinski definition) is 5. The summed E-state index contributed by atoms with van der Waals surface area (Å²) in [7, 11) is 1.56. The molecule has 0 unspecified atom stereocenters. The summed E-state index contributed by atoms with van der Waals surface area (Å²) >= 11 is 5.91. The number of rotatable bonds is 8. The first-order valence-electron chi connectivity index (χ1n) is 8.64. The maximum Gasteiger partial charge on any atom is 0.331 e. The van der Waals surface area contributed by atoms with E-state index in [4.69, 9.17) is 25.8 Å². The van der Waals surface area contributed by atoms with Crippen LogP contribution in [0.15, 0.2) is 42.5 Å². The van der Waals surface area contributed by atoms with Crippen LogP contribution >= 0.6 is 11.6 Å². The fourth-order valence-electron chi connectivity index (χ4n) is 2.33. The molecule has 28 heavy (non-hydrogen) atoms. The molecule has 6 nitrogen and oxygen atoms in total. The van der Waals surface area contributed by atoms with Crippen molar-refractivity contribution in [1.82, 2.24) is 0 Å². The number of nitrogens with one attached hydrogen (secondary N) is 1. The van der Waals surface area contributed by atoms with Crippen molar-refractivity contribution in [2.75, 3.05) is 25.6 Å². The zero-order valence-corrected chi connectivity index (χ0v) is 16.7. The molecule has 0 saturated heterocycles. The van der Waals surface area contributed by atoms with Gasteiger partial charge < -0.3 is 19.5 Å². The van der Waals surface area contributed by atoms with Crippen LogP contribution in [0.25, 0.3) is 6.08 Å². The average Bonchev–Trinajstić information content (AvgIpc) is 2.68. The highest BCUT2D eigenvalue weighted by atomic mass is 35.5. The van der Waals surface area contributed by atoms with Crippen LogP contribution in [0.4, 0.5) is 5.69 Å². The molecule has 0 fully saturated rings. The second-order valence-corrected chi connectivity index (χ2v) is 6.23. The van der Waals surface area contributed by atoms with Gasteiger partial charge in [0.25, 0.3) is 5.91 Å². The van der Waals surface area contributed by atoms with Crippen LogP contribution in [0.2, 0.25) is 5.02 Å². The second-order valence-electron chi connectivity index (χ2n) is 5.79. The number of hydrogen-bond donors (Lipinski definition) is 1. The molecule has 0 saturated carbocycles. The molecule has 0 bridgehead atoms. The third kappa shape index (κ3) is 6.32. The third-order valence-corrected chi connectivity index (χ3v) is 3.95. The van der Waals surface area contributed by atoms with Gasteiger partial charge in [-0.2, -0.15) is 0 Å². The van der Waals surface area contributed by atoms with Gasteiger partial charge in [-0.25, -0.2) is 4.79 Å². The van der Waals surface area contributed by atoms with Crippen LogP contribution in [-0.2, 0) is 14.3 Å². The summed E-state index contributed by atoms with van der Waals surface area (Å²) in [6.07, 6.45) is 2.82. The highest BCUT2D eigenvalue weighted by molar-refractivity contribution is 6.31. The van der Waals surface area contributed by atoms with E-state index in [1.165, 1.54) is 6.08 Å². The van der Waals surface area contributed by atoms with Gasteiger partial charge in [-0.1, -0.05) is 23.7 Å². The fraction of sp³-hybridized carbons (Fsp3) is 0.238. The van der Waals surface area contributed by atoms with Crippen molar-refractivity contribution in [3.63, 3.8) is 0 Å². The number of halogens is 1. The van der Waals surface area contributed by atoms with Crippen LogP contribution < -0.4 is 14.8 Å². The van der Waals surface area contributed by atoms with Gasteiger partial charge in [0.2, 0.25) is 0 Å². The Bertz CT molecular complexity index is 879. The fourth-order valence-corrected chi connectivity index (χ4v) is 2.50. The summed E-state index contributed by atoms with van der Waals surface area (Å²) in [6.45, 7) is 3.80. The van der Waals surface area contributed by atoms with Crippen LogP contribution in [-0.4, -0.2) is 32.2 Å². The lowest BCUT2D eigenvalue weighted by Gasteiger charge is -2.09. The van der Waals surface area contributed by atoms with E-state index in [1.54, 1.807) is 49.6 Å². The quantitative estimate of drug-likeness (QED) is 0.526. The third-order valence-electron chi connectivity index (χ3n) is 3.72. The minimum atomic E-state index is -0.633. The van der Waals surface area contributed by atoms with Crippen molar-refractivity contribution < 1.29 is 23.8 Å². The van der Waals surface area contributed by atoms with Gasteiger partial charge in [0, 0.05) is 16.8 Å². The van der Waals surface area contributed by atoms with E-state index in [2.05, 4.69) is 5.32 Å². The molecule has 2 aromatic rings. The lowest BCUT2D eigenvalue weighted by molar-refractivity contribution is -0.142. The molecule has 0 aliphatic rings. The highest BCUT2D eigenvalue weighted by Crippen LogP contribution is 2.28. The Morgan fingerprint density at radius 2 is 1.93 bits per heavy atom. The number of amides is 1. The van der Waals surface area contributed by atoms with Crippen molar-refractivity contribution in [2.45, 2.75) is 13.8 Å².